The maximum Gasteiger partial charge on any atom is 0.280 e. The number of hydrogen-bond acceptors (Lipinski definition) is 4. The molecule has 0 aliphatic carbocycles. The average Bonchev–Trinajstić information content (AvgIpc) is 3.29. The number of carbonyl (C=O) groups excluding carboxylic acids is 1. The molecule has 5 nitrogen and oxygen atoms in total. The van der Waals surface area contributed by atoms with Gasteiger partial charge >= 0.3 is 0 Å². The Morgan fingerprint density at radius 2 is 1.96 bits per heavy atom. The first-order chi connectivity index (χ1) is 13.5. The van der Waals surface area contributed by atoms with Gasteiger partial charge in [0.25, 0.3) is 5.91 Å². The van der Waals surface area contributed by atoms with E-state index in [1.807, 2.05) is 44.2 Å². The number of benzene rings is 2. The molecule has 0 radical (unpaired) electrons. The molecule has 0 spiro atoms. The van der Waals surface area contributed by atoms with Crippen LogP contribution >= 0.6 is 11.3 Å². The van der Waals surface area contributed by atoms with Gasteiger partial charge in [-0.2, -0.15) is 5.10 Å². The van der Waals surface area contributed by atoms with Crippen molar-refractivity contribution in [2.24, 2.45) is 0 Å². The van der Waals surface area contributed by atoms with Gasteiger partial charge in [-0.05, 0) is 43.7 Å². The zero-order chi connectivity index (χ0) is 19.7. The second-order valence-electron chi connectivity index (χ2n) is 6.47. The minimum absolute atomic E-state index is 0.223. The van der Waals surface area contributed by atoms with Gasteiger partial charge in [0.05, 0.1) is 16.8 Å². The molecule has 7 heteroatoms. The Kier molecular flexibility index (Phi) is 4.92. The van der Waals surface area contributed by atoms with E-state index in [-0.39, 0.29) is 11.7 Å². The van der Waals surface area contributed by atoms with E-state index in [2.05, 4.69) is 10.1 Å². The third-order valence-electron chi connectivity index (χ3n) is 4.50. The third kappa shape index (κ3) is 3.53. The summed E-state index contributed by atoms with van der Waals surface area (Å²) in [7, 11) is 0. The van der Waals surface area contributed by atoms with Gasteiger partial charge in [0.15, 0.2) is 10.8 Å². The minimum Gasteiger partial charge on any atom is -0.278 e. The summed E-state index contributed by atoms with van der Waals surface area (Å²) in [5, 5.41) is 4.95. The highest BCUT2D eigenvalue weighted by Gasteiger charge is 2.24. The van der Waals surface area contributed by atoms with Crippen LogP contribution in [0.1, 0.15) is 28.7 Å². The molecule has 142 valence electrons. The summed E-state index contributed by atoms with van der Waals surface area (Å²) in [4.78, 5) is 19.5. The van der Waals surface area contributed by atoms with Crippen molar-refractivity contribution in [3.8, 4) is 0 Å². The van der Waals surface area contributed by atoms with Gasteiger partial charge < -0.3 is 0 Å². The second-order valence-corrected chi connectivity index (χ2v) is 7.48. The minimum atomic E-state index is -0.319. The normalized spacial score (nSPS) is 11.1. The highest BCUT2D eigenvalue weighted by molar-refractivity contribution is 7.22. The van der Waals surface area contributed by atoms with Crippen molar-refractivity contribution in [2.75, 3.05) is 4.90 Å². The number of fused-ring (bicyclic) bond motifs is 1. The number of halogens is 1. The van der Waals surface area contributed by atoms with Crippen LogP contribution in [0.3, 0.4) is 0 Å². The summed E-state index contributed by atoms with van der Waals surface area (Å²) >= 11 is 1.30. The van der Waals surface area contributed by atoms with E-state index in [1.54, 1.807) is 21.7 Å². The van der Waals surface area contributed by atoms with Crippen molar-refractivity contribution in [3.63, 3.8) is 0 Å². The lowest BCUT2D eigenvalue weighted by Gasteiger charge is -2.19. The number of rotatable bonds is 5. The molecule has 2 aromatic carbocycles. The first-order valence-corrected chi connectivity index (χ1v) is 9.83. The fraction of sp³-hybridized carbons (Fsp3) is 0.190. The highest BCUT2D eigenvalue weighted by Crippen LogP contribution is 2.31. The number of nitrogens with zero attached hydrogens (tertiary/aromatic N) is 4. The molecule has 0 fully saturated rings. The number of anilines is 1. The molecule has 0 aliphatic rings. The maximum absolute atomic E-state index is 13.6. The van der Waals surface area contributed by atoms with Gasteiger partial charge in [-0.25, -0.2) is 9.37 Å². The lowest BCUT2D eigenvalue weighted by Crippen LogP contribution is -2.30. The molecule has 2 heterocycles. The first kappa shape index (κ1) is 18.3. The monoisotopic (exact) mass is 394 g/mol. The van der Waals surface area contributed by atoms with E-state index in [0.29, 0.717) is 34.1 Å². The van der Waals surface area contributed by atoms with Crippen LogP contribution in [-0.2, 0) is 13.1 Å². The Morgan fingerprint density at radius 3 is 2.68 bits per heavy atom. The molecule has 0 saturated carbocycles. The number of aromatic nitrogens is 3. The molecule has 2 aromatic heterocycles. The molecule has 0 saturated heterocycles. The van der Waals surface area contributed by atoms with Crippen LogP contribution in [0.15, 0.2) is 54.6 Å². The van der Waals surface area contributed by atoms with E-state index >= 15 is 0 Å². The highest BCUT2D eigenvalue weighted by atomic mass is 32.1. The van der Waals surface area contributed by atoms with Crippen molar-refractivity contribution < 1.29 is 9.18 Å². The van der Waals surface area contributed by atoms with Crippen LogP contribution in [0, 0.1) is 12.7 Å². The molecular formula is C21H19FN4OS. The SMILES string of the molecule is CCn1nc(C(=O)N(Cc2ccccc2)c2nc3ccc(F)cc3s2)cc1C. The van der Waals surface area contributed by atoms with Gasteiger partial charge in [0.2, 0.25) is 0 Å². The van der Waals surface area contributed by atoms with Crippen LogP contribution < -0.4 is 4.90 Å². The summed E-state index contributed by atoms with van der Waals surface area (Å²) in [5.41, 5.74) is 2.95. The summed E-state index contributed by atoms with van der Waals surface area (Å²) in [6, 6.07) is 16.0. The van der Waals surface area contributed by atoms with Crippen LogP contribution in [-0.4, -0.2) is 20.7 Å². The molecule has 0 atom stereocenters. The second kappa shape index (κ2) is 7.52. The van der Waals surface area contributed by atoms with E-state index in [9.17, 15) is 9.18 Å². The van der Waals surface area contributed by atoms with E-state index in [0.717, 1.165) is 11.3 Å². The first-order valence-electron chi connectivity index (χ1n) is 9.01. The molecule has 0 aliphatic heterocycles. The van der Waals surface area contributed by atoms with Crippen molar-refractivity contribution in [1.29, 1.82) is 0 Å². The van der Waals surface area contributed by atoms with E-state index in [4.69, 9.17) is 0 Å². The molecule has 28 heavy (non-hydrogen) atoms. The Labute approximate surface area is 166 Å². The molecule has 0 bridgehead atoms. The molecule has 0 unspecified atom stereocenters. The van der Waals surface area contributed by atoms with Crippen molar-refractivity contribution in [1.82, 2.24) is 14.8 Å². The topological polar surface area (TPSA) is 51.0 Å². The Balaban J connectivity index is 1.76. The van der Waals surface area contributed by atoms with Crippen LogP contribution in [0.2, 0.25) is 0 Å². The largest absolute Gasteiger partial charge is 0.280 e. The maximum atomic E-state index is 13.6. The number of amides is 1. The third-order valence-corrected chi connectivity index (χ3v) is 5.54. The molecular weight excluding hydrogens is 375 g/mol. The van der Waals surface area contributed by atoms with Crippen LogP contribution in [0.4, 0.5) is 9.52 Å². The van der Waals surface area contributed by atoms with E-state index in [1.165, 1.54) is 23.5 Å². The zero-order valence-electron chi connectivity index (χ0n) is 15.6. The number of carbonyl (C=O) groups is 1. The summed E-state index contributed by atoms with van der Waals surface area (Å²) in [6.45, 7) is 4.96. The quantitative estimate of drug-likeness (QED) is 0.488. The van der Waals surface area contributed by atoms with Gasteiger partial charge in [0.1, 0.15) is 5.82 Å². The van der Waals surface area contributed by atoms with E-state index < -0.39 is 0 Å². The number of hydrogen-bond donors (Lipinski definition) is 0. The summed E-state index contributed by atoms with van der Waals surface area (Å²) in [5.74, 6) is -0.542. The zero-order valence-corrected chi connectivity index (χ0v) is 16.4. The van der Waals surface area contributed by atoms with Gasteiger partial charge in [-0.3, -0.25) is 14.4 Å². The van der Waals surface area contributed by atoms with Crippen molar-refractivity contribution >= 4 is 32.6 Å². The molecule has 1 amide bonds. The summed E-state index contributed by atoms with van der Waals surface area (Å²) in [6.07, 6.45) is 0. The smallest absolute Gasteiger partial charge is 0.278 e. The molecule has 0 N–H and O–H groups in total. The predicted octanol–water partition coefficient (Wildman–Crippen LogP) is 4.81. The Morgan fingerprint density at radius 1 is 1.18 bits per heavy atom. The number of aryl methyl sites for hydroxylation is 2. The average molecular weight is 394 g/mol. The fourth-order valence-corrected chi connectivity index (χ4v) is 4.06. The fourth-order valence-electron chi connectivity index (χ4n) is 3.07. The number of thiazole rings is 1. The molecule has 4 rings (SSSR count). The van der Waals surface area contributed by atoms with Crippen molar-refractivity contribution in [2.45, 2.75) is 26.9 Å². The lowest BCUT2D eigenvalue weighted by molar-refractivity contribution is 0.0979. The van der Waals surface area contributed by atoms with Crippen LogP contribution in [0.5, 0.6) is 0 Å². The molecule has 4 aromatic rings. The Bertz CT molecular complexity index is 1140. The standard InChI is InChI=1S/C21H19FN4OS/c1-3-26-14(2)11-18(24-26)20(27)25(13-15-7-5-4-6-8-15)21-23-17-10-9-16(22)12-19(17)28-21/h4-12H,3,13H2,1-2H3. The van der Waals surface area contributed by atoms with Crippen LogP contribution in [0.25, 0.3) is 10.2 Å². The van der Waals surface area contributed by atoms with Crippen molar-refractivity contribution in [3.05, 3.63) is 77.4 Å². The van der Waals surface area contributed by atoms with Gasteiger partial charge in [-0.1, -0.05) is 41.7 Å². The van der Waals surface area contributed by atoms with Gasteiger partial charge in [0, 0.05) is 12.2 Å². The lowest BCUT2D eigenvalue weighted by atomic mass is 10.2. The van der Waals surface area contributed by atoms with Gasteiger partial charge in [-0.15, -0.1) is 0 Å². The summed E-state index contributed by atoms with van der Waals surface area (Å²) < 4.78 is 16.1. The predicted molar refractivity (Wildman–Crippen MR) is 109 cm³/mol. The Hall–Kier alpha value is -3.06.